The first kappa shape index (κ1) is 12.6. The molecule has 1 aliphatic heterocycles. The lowest BCUT2D eigenvalue weighted by atomic mass is 9.88. The third-order valence-electron chi connectivity index (χ3n) is 2.83. The molecular weight excluding hydrogens is 198 g/mol. The molecule has 15 heavy (non-hydrogen) atoms. The van der Waals surface area contributed by atoms with Crippen molar-refractivity contribution in [2.45, 2.75) is 43.2 Å². The lowest BCUT2D eigenvalue weighted by Gasteiger charge is -2.41. The highest BCUT2D eigenvalue weighted by atomic mass is 16.4. The molecule has 1 rings (SSSR count). The average molecular weight is 217 g/mol. The van der Waals surface area contributed by atoms with Crippen molar-refractivity contribution in [3.8, 4) is 0 Å². The Hall–Kier alpha value is -0.460. The summed E-state index contributed by atoms with van der Waals surface area (Å²) in [5.41, 5.74) is 0. The molecule has 88 valence electrons. The van der Waals surface area contributed by atoms with Gasteiger partial charge in [0.1, 0.15) is 6.10 Å². The molecule has 0 aromatic rings. The fourth-order valence-corrected chi connectivity index (χ4v) is 1.86. The molecule has 0 unspecified atom stereocenters. The predicted molar refractivity (Wildman–Crippen MR) is 55.2 cm³/mol. The van der Waals surface area contributed by atoms with Crippen LogP contribution in [0.2, 0.25) is 0 Å². The van der Waals surface area contributed by atoms with Crippen LogP contribution in [0.4, 0.5) is 0 Å². The van der Waals surface area contributed by atoms with Crippen molar-refractivity contribution in [3.05, 3.63) is 12.7 Å². The zero-order valence-electron chi connectivity index (χ0n) is 8.58. The van der Waals surface area contributed by atoms with E-state index in [0.29, 0.717) is 12.8 Å². The smallest absolute Gasteiger partial charge is 0.109 e. The monoisotopic (exact) mass is 217 g/mol. The lowest BCUT2D eigenvalue weighted by molar-refractivity contribution is -0.120. The molecule has 0 amide bonds. The first-order valence-corrected chi connectivity index (χ1v) is 5.13. The van der Waals surface area contributed by atoms with Gasteiger partial charge >= 0.3 is 0 Å². The van der Waals surface area contributed by atoms with Crippen molar-refractivity contribution >= 4 is 0 Å². The molecule has 0 bridgehead atoms. The van der Waals surface area contributed by atoms with E-state index >= 15 is 0 Å². The fourth-order valence-electron chi connectivity index (χ4n) is 1.86. The van der Waals surface area contributed by atoms with Gasteiger partial charge in [-0.05, 0) is 12.8 Å². The maximum Gasteiger partial charge on any atom is 0.109 e. The second-order valence-electron chi connectivity index (χ2n) is 3.90. The Morgan fingerprint density at radius 2 is 1.67 bits per heavy atom. The van der Waals surface area contributed by atoms with Gasteiger partial charge in [0, 0.05) is 6.04 Å². The van der Waals surface area contributed by atoms with Gasteiger partial charge in [-0.1, -0.05) is 6.08 Å². The van der Waals surface area contributed by atoms with Crippen molar-refractivity contribution in [2.24, 2.45) is 0 Å². The topological polar surface area (TPSA) is 93.0 Å². The number of aliphatic hydroxyl groups is 4. The molecule has 5 N–H and O–H groups in total. The Morgan fingerprint density at radius 3 is 2.20 bits per heavy atom. The summed E-state index contributed by atoms with van der Waals surface area (Å²) >= 11 is 0. The van der Waals surface area contributed by atoms with Crippen LogP contribution in [-0.2, 0) is 0 Å². The van der Waals surface area contributed by atoms with Crippen LogP contribution in [0.5, 0.6) is 0 Å². The molecule has 0 radical (unpaired) electrons. The van der Waals surface area contributed by atoms with Crippen molar-refractivity contribution in [3.63, 3.8) is 0 Å². The molecule has 0 spiro atoms. The minimum absolute atomic E-state index is 0.268. The van der Waals surface area contributed by atoms with Gasteiger partial charge in [-0.25, -0.2) is 0 Å². The summed E-state index contributed by atoms with van der Waals surface area (Å²) in [4.78, 5) is 0. The fraction of sp³-hybridized carbons (Fsp3) is 0.800. The van der Waals surface area contributed by atoms with Crippen LogP contribution in [-0.4, -0.2) is 57.4 Å². The predicted octanol–water partition coefficient (Wildman–Crippen LogP) is -1.63. The van der Waals surface area contributed by atoms with E-state index in [4.69, 9.17) is 5.11 Å². The van der Waals surface area contributed by atoms with Gasteiger partial charge < -0.3 is 25.7 Å². The van der Waals surface area contributed by atoms with Crippen LogP contribution in [0.3, 0.4) is 0 Å². The number of nitrogens with one attached hydrogen (secondary N) is 1. The standard InChI is InChI=1S/C10H19NO4/c1-2-3-4-6-8(13)10(15)9(14)7(5-12)11-6/h2,6-15H,1,3-5H2/t6-,7+,8-,9-,10+/m0/s1. The minimum Gasteiger partial charge on any atom is -0.395 e. The van der Waals surface area contributed by atoms with Crippen molar-refractivity contribution in [2.75, 3.05) is 6.61 Å². The zero-order chi connectivity index (χ0) is 11.4. The highest BCUT2D eigenvalue weighted by Gasteiger charge is 2.41. The molecule has 0 aromatic heterocycles. The van der Waals surface area contributed by atoms with Crippen LogP contribution in [0.15, 0.2) is 12.7 Å². The number of hydrogen-bond donors (Lipinski definition) is 5. The highest BCUT2D eigenvalue weighted by Crippen LogP contribution is 2.18. The van der Waals surface area contributed by atoms with Gasteiger partial charge in [0.2, 0.25) is 0 Å². The first-order chi connectivity index (χ1) is 7.11. The van der Waals surface area contributed by atoms with Crippen molar-refractivity contribution in [1.82, 2.24) is 5.32 Å². The SMILES string of the molecule is C=CCC[C@@H]1N[C@H](CO)[C@H](O)[C@H](O)[C@H]1O. The lowest BCUT2D eigenvalue weighted by Crippen LogP contribution is -2.65. The van der Waals surface area contributed by atoms with Crippen LogP contribution >= 0.6 is 0 Å². The summed E-state index contributed by atoms with van der Waals surface area (Å²) in [6.45, 7) is 3.30. The third-order valence-corrected chi connectivity index (χ3v) is 2.83. The number of hydrogen-bond acceptors (Lipinski definition) is 5. The second-order valence-corrected chi connectivity index (χ2v) is 3.90. The van der Waals surface area contributed by atoms with Crippen LogP contribution in [0.1, 0.15) is 12.8 Å². The van der Waals surface area contributed by atoms with E-state index < -0.39 is 24.4 Å². The number of piperidine rings is 1. The zero-order valence-corrected chi connectivity index (χ0v) is 8.58. The normalized spacial score (nSPS) is 41.5. The summed E-state index contributed by atoms with van der Waals surface area (Å²) in [5, 5.41) is 40.6. The second kappa shape index (κ2) is 5.58. The van der Waals surface area contributed by atoms with Gasteiger partial charge in [-0.15, -0.1) is 6.58 Å². The molecular formula is C10H19NO4. The Kier molecular flexibility index (Phi) is 4.69. The van der Waals surface area contributed by atoms with E-state index in [2.05, 4.69) is 11.9 Å². The van der Waals surface area contributed by atoms with Crippen LogP contribution < -0.4 is 5.32 Å². The van der Waals surface area contributed by atoms with E-state index in [9.17, 15) is 15.3 Å². The Balaban J connectivity index is 2.60. The van der Waals surface area contributed by atoms with Gasteiger partial charge in [-0.2, -0.15) is 0 Å². The largest absolute Gasteiger partial charge is 0.395 e. The number of aliphatic hydroxyl groups excluding tert-OH is 4. The van der Waals surface area contributed by atoms with E-state index in [1.807, 2.05) is 0 Å². The van der Waals surface area contributed by atoms with Gasteiger partial charge in [0.25, 0.3) is 0 Å². The van der Waals surface area contributed by atoms with Crippen molar-refractivity contribution < 1.29 is 20.4 Å². The maximum atomic E-state index is 9.66. The Morgan fingerprint density at radius 1 is 1.07 bits per heavy atom. The minimum atomic E-state index is -1.21. The number of allylic oxidation sites excluding steroid dienone is 1. The molecule has 0 aliphatic carbocycles. The maximum absolute atomic E-state index is 9.66. The average Bonchev–Trinajstić information content (AvgIpc) is 2.25. The molecule has 5 atom stereocenters. The highest BCUT2D eigenvalue weighted by molar-refractivity contribution is 4.98. The summed E-state index contributed by atoms with van der Waals surface area (Å²) < 4.78 is 0. The molecule has 5 nitrogen and oxygen atoms in total. The van der Waals surface area contributed by atoms with E-state index in [-0.39, 0.29) is 12.6 Å². The van der Waals surface area contributed by atoms with Crippen LogP contribution in [0, 0.1) is 0 Å². The molecule has 1 saturated heterocycles. The summed E-state index contributed by atoms with van der Waals surface area (Å²) in [6.07, 6.45) is -0.314. The van der Waals surface area contributed by atoms with E-state index in [1.165, 1.54) is 0 Å². The molecule has 1 fully saturated rings. The van der Waals surface area contributed by atoms with Gasteiger partial charge in [-0.3, -0.25) is 0 Å². The summed E-state index contributed by atoms with van der Waals surface area (Å²) in [6, 6.07) is -0.906. The molecule has 0 aromatic carbocycles. The van der Waals surface area contributed by atoms with Crippen LogP contribution in [0.25, 0.3) is 0 Å². The van der Waals surface area contributed by atoms with E-state index in [0.717, 1.165) is 0 Å². The Bertz CT molecular complexity index is 210. The summed E-state index contributed by atoms with van der Waals surface area (Å²) in [7, 11) is 0. The van der Waals surface area contributed by atoms with Gasteiger partial charge in [0.15, 0.2) is 0 Å². The first-order valence-electron chi connectivity index (χ1n) is 5.13. The van der Waals surface area contributed by atoms with Crippen molar-refractivity contribution in [1.29, 1.82) is 0 Å². The molecule has 5 heteroatoms. The summed E-state index contributed by atoms with van der Waals surface area (Å²) in [5.74, 6) is 0. The Labute approximate surface area is 89.1 Å². The third kappa shape index (κ3) is 2.76. The number of rotatable bonds is 4. The molecule has 1 heterocycles. The molecule has 1 aliphatic rings. The quantitative estimate of drug-likeness (QED) is 0.365. The molecule has 0 saturated carbocycles. The van der Waals surface area contributed by atoms with Gasteiger partial charge in [0.05, 0.1) is 24.9 Å². The van der Waals surface area contributed by atoms with E-state index in [1.54, 1.807) is 6.08 Å².